The molecule has 0 aliphatic carbocycles. The predicted octanol–water partition coefficient (Wildman–Crippen LogP) is 0.935. The van der Waals surface area contributed by atoms with Gasteiger partial charge in [-0.3, -0.25) is 4.79 Å². The van der Waals surface area contributed by atoms with Crippen molar-refractivity contribution in [1.82, 2.24) is 9.80 Å². The number of hydrogen-bond acceptors (Lipinski definition) is 2. The highest BCUT2D eigenvalue weighted by atomic mass is 79.9. The highest BCUT2D eigenvalue weighted by Gasteiger charge is 2.17. The number of carbonyl (C=O) groups is 1. The largest absolute Gasteiger partial charge is 0.340 e. The molecule has 13 heavy (non-hydrogen) atoms. The van der Waals surface area contributed by atoms with Gasteiger partial charge in [0.15, 0.2) is 0 Å². The molecule has 0 unspecified atom stereocenters. The van der Waals surface area contributed by atoms with E-state index in [9.17, 15) is 4.79 Å². The topological polar surface area (TPSA) is 23.6 Å². The number of hydrogen-bond donors (Lipinski definition) is 0. The first-order chi connectivity index (χ1) is 6.24. The van der Waals surface area contributed by atoms with Gasteiger partial charge in [-0.2, -0.15) is 0 Å². The lowest BCUT2D eigenvalue weighted by molar-refractivity contribution is -0.132. The molecule has 0 atom stereocenters. The molecule has 0 aromatic rings. The van der Waals surface area contributed by atoms with E-state index in [0.29, 0.717) is 12.3 Å². The molecular formula is C9H17BrN2O. The van der Waals surface area contributed by atoms with Crippen molar-refractivity contribution in [3.05, 3.63) is 0 Å². The summed E-state index contributed by atoms with van der Waals surface area (Å²) >= 11 is 3.33. The third-order valence-corrected chi connectivity index (χ3v) is 2.94. The number of rotatable bonds is 3. The first-order valence-electron chi connectivity index (χ1n) is 4.76. The summed E-state index contributed by atoms with van der Waals surface area (Å²) in [4.78, 5) is 15.8. The summed E-state index contributed by atoms with van der Waals surface area (Å²) in [5.41, 5.74) is 0. The van der Waals surface area contributed by atoms with Crippen LogP contribution in [0.15, 0.2) is 0 Å². The van der Waals surface area contributed by atoms with Gasteiger partial charge in [-0.25, -0.2) is 0 Å². The van der Waals surface area contributed by atoms with Gasteiger partial charge < -0.3 is 9.80 Å². The fourth-order valence-corrected chi connectivity index (χ4v) is 1.71. The lowest BCUT2D eigenvalue weighted by atomic mass is 10.2. The van der Waals surface area contributed by atoms with Crippen LogP contribution in [0, 0.1) is 0 Å². The highest BCUT2D eigenvalue weighted by molar-refractivity contribution is 9.09. The molecule has 0 aromatic heterocycles. The highest BCUT2D eigenvalue weighted by Crippen LogP contribution is 2.04. The van der Waals surface area contributed by atoms with Crippen molar-refractivity contribution >= 4 is 21.8 Å². The molecule has 3 nitrogen and oxygen atoms in total. The third kappa shape index (κ3) is 3.65. The van der Waals surface area contributed by atoms with E-state index in [2.05, 4.69) is 27.9 Å². The maximum absolute atomic E-state index is 11.6. The van der Waals surface area contributed by atoms with Crippen LogP contribution in [0.4, 0.5) is 0 Å². The molecule has 76 valence electrons. The summed E-state index contributed by atoms with van der Waals surface area (Å²) in [5.74, 6) is 0.313. The van der Waals surface area contributed by atoms with E-state index < -0.39 is 0 Å². The summed E-state index contributed by atoms with van der Waals surface area (Å²) < 4.78 is 0. The molecule has 0 N–H and O–H groups in total. The molecule has 0 spiro atoms. The Morgan fingerprint density at radius 1 is 1.31 bits per heavy atom. The van der Waals surface area contributed by atoms with E-state index >= 15 is 0 Å². The Morgan fingerprint density at radius 2 is 1.92 bits per heavy atom. The van der Waals surface area contributed by atoms with E-state index in [0.717, 1.165) is 37.9 Å². The Hall–Kier alpha value is -0.0900. The smallest absolute Gasteiger partial charge is 0.222 e. The van der Waals surface area contributed by atoms with Crippen LogP contribution in [0.25, 0.3) is 0 Å². The Morgan fingerprint density at radius 3 is 2.46 bits per heavy atom. The number of likely N-dealkylation sites (N-methyl/N-ethyl adjacent to an activating group) is 1. The minimum absolute atomic E-state index is 0.313. The average Bonchev–Trinajstić information content (AvgIpc) is 2.15. The van der Waals surface area contributed by atoms with Crippen molar-refractivity contribution in [2.24, 2.45) is 0 Å². The minimum atomic E-state index is 0.313. The minimum Gasteiger partial charge on any atom is -0.340 e. The van der Waals surface area contributed by atoms with Crippen LogP contribution in [-0.2, 0) is 4.79 Å². The molecule has 1 aliphatic heterocycles. The second-order valence-corrected chi connectivity index (χ2v) is 4.27. The molecule has 0 bridgehead atoms. The third-order valence-electron chi connectivity index (χ3n) is 2.38. The first kappa shape index (κ1) is 11.0. The number of nitrogens with zero attached hydrogens (tertiary/aromatic N) is 2. The van der Waals surface area contributed by atoms with Crippen LogP contribution in [0.2, 0.25) is 0 Å². The second kappa shape index (κ2) is 5.60. The van der Waals surface area contributed by atoms with Gasteiger partial charge in [0.1, 0.15) is 0 Å². The average molecular weight is 249 g/mol. The van der Waals surface area contributed by atoms with Crippen LogP contribution in [-0.4, -0.2) is 54.3 Å². The van der Waals surface area contributed by atoms with Crippen LogP contribution in [0.1, 0.15) is 12.8 Å². The van der Waals surface area contributed by atoms with E-state index in [1.54, 1.807) is 0 Å². The summed E-state index contributed by atoms with van der Waals surface area (Å²) in [6.07, 6.45) is 1.64. The lowest BCUT2D eigenvalue weighted by Gasteiger charge is -2.32. The van der Waals surface area contributed by atoms with Crippen molar-refractivity contribution in [2.75, 3.05) is 38.6 Å². The molecule has 1 rings (SSSR count). The lowest BCUT2D eigenvalue weighted by Crippen LogP contribution is -2.47. The second-order valence-electron chi connectivity index (χ2n) is 3.48. The molecular weight excluding hydrogens is 232 g/mol. The maximum Gasteiger partial charge on any atom is 0.222 e. The predicted molar refractivity (Wildman–Crippen MR) is 57.1 cm³/mol. The van der Waals surface area contributed by atoms with Crippen molar-refractivity contribution < 1.29 is 4.79 Å². The number of carbonyl (C=O) groups excluding carboxylic acids is 1. The number of halogens is 1. The van der Waals surface area contributed by atoms with Crippen LogP contribution in [0.5, 0.6) is 0 Å². The van der Waals surface area contributed by atoms with Crippen LogP contribution < -0.4 is 0 Å². The molecule has 1 fully saturated rings. The number of amides is 1. The molecule has 0 aromatic carbocycles. The Balaban J connectivity index is 2.23. The molecule has 0 radical (unpaired) electrons. The van der Waals surface area contributed by atoms with E-state index in [-0.39, 0.29) is 0 Å². The van der Waals surface area contributed by atoms with E-state index in [1.807, 2.05) is 4.90 Å². The maximum atomic E-state index is 11.6. The van der Waals surface area contributed by atoms with E-state index in [4.69, 9.17) is 0 Å². The van der Waals surface area contributed by atoms with Crippen molar-refractivity contribution in [3.63, 3.8) is 0 Å². The van der Waals surface area contributed by atoms with Crippen LogP contribution in [0.3, 0.4) is 0 Å². The zero-order chi connectivity index (χ0) is 9.68. The number of alkyl halides is 1. The quantitative estimate of drug-likeness (QED) is 0.695. The zero-order valence-electron chi connectivity index (χ0n) is 8.13. The van der Waals surface area contributed by atoms with Gasteiger partial charge in [0.2, 0.25) is 5.91 Å². The fourth-order valence-electron chi connectivity index (χ4n) is 1.43. The SMILES string of the molecule is CN1CCN(C(=O)CCCBr)CC1. The Labute approximate surface area is 88.2 Å². The normalized spacial score (nSPS) is 19.1. The first-order valence-corrected chi connectivity index (χ1v) is 5.88. The van der Waals surface area contributed by atoms with Gasteiger partial charge in [0.25, 0.3) is 0 Å². The van der Waals surface area contributed by atoms with Gasteiger partial charge in [-0.1, -0.05) is 15.9 Å². The summed E-state index contributed by atoms with van der Waals surface area (Å²) in [6, 6.07) is 0. The Kier molecular flexibility index (Phi) is 4.73. The van der Waals surface area contributed by atoms with Crippen LogP contribution >= 0.6 is 15.9 Å². The standard InChI is InChI=1S/C9H17BrN2O/c1-11-5-7-12(8-6-11)9(13)3-2-4-10/h2-8H2,1H3. The summed E-state index contributed by atoms with van der Waals surface area (Å²) in [6.45, 7) is 3.83. The van der Waals surface area contributed by atoms with Gasteiger partial charge in [-0.05, 0) is 13.5 Å². The van der Waals surface area contributed by atoms with Crippen molar-refractivity contribution in [1.29, 1.82) is 0 Å². The number of piperazine rings is 1. The molecule has 1 saturated heterocycles. The van der Waals surface area contributed by atoms with Gasteiger partial charge in [0, 0.05) is 37.9 Å². The summed E-state index contributed by atoms with van der Waals surface area (Å²) in [5, 5.41) is 0.923. The van der Waals surface area contributed by atoms with Crippen molar-refractivity contribution in [2.45, 2.75) is 12.8 Å². The van der Waals surface area contributed by atoms with Crippen molar-refractivity contribution in [3.8, 4) is 0 Å². The summed E-state index contributed by atoms with van der Waals surface area (Å²) in [7, 11) is 2.10. The van der Waals surface area contributed by atoms with Gasteiger partial charge >= 0.3 is 0 Å². The Bertz CT molecular complexity index is 167. The molecule has 1 heterocycles. The fraction of sp³-hybridized carbons (Fsp3) is 0.889. The zero-order valence-corrected chi connectivity index (χ0v) is 9.72. The van der Waals surface area contributed by atoms with Gasteiger partial charge in [-0.15, -0.1) is 0 Å². The molecule has 1 amide bonds. The molecule has 1 aliphatic rings. The molecule has 4 heteroatoms. The monoisotopic (exact) mass is 248 g/mol. The molecule has 0 saturated carbocycles. The van der Waals surface area contributed by atoms with Gasteiger partial charge in [0.05, 0.1) is 0 Å². The van der Waals surface area contributed by atoms with E-state index in [1.165, 1.54) is 0 Å².